The second-order valence-electron chi connectivity index (χ2n) is 3.41. The van der Waals surface area contributed by atoms with Crippen molar-refractivity contribution in [3.8, 4) is 5.88 Å². The Morgan fingerprint density at radius 2 is 2.27 bits per heavy atom. The monoisotopic (exact) mass is 281 g/mol. The van der Waals surface area contributed by atoms with Gasteiger partial charge < -0.3 is 4.74 Å². The number of halogens is 4. The largest absolute Gasteiger partial charge is 0.477 e. The molecule has 0 aromatic carbocycles. The van der Waals surface area contributed by atoms with Crippen LogP contribution in [0.3, 0.4) is 0 Å². The van der Waals surface area contributed by atoms with E-state index < -0.39 is 17.7 Å². The van der Waals surface area contributed by atoms with Gasteiger partial charge in [0, 0.05) is 12.5 Å². The summed E-state index contributed by atoms with van der Waals surface area (Å²) in [7, 11) is 0. The molecular weight excluding hydrogens is 275 g/mol. The highest BCUT2D eigenvalue weighted by atomic mass is 79.9. The van der Waals surface area contributed by atoms with Gasteiger partial charge >= 0.3 is 0 Å². The Balaban J connectivity index is 1.92. The maximum atomic E-state index is 12.7. The molecule has 1 aromatic rings. The number of aromatic nitrogens is 1. The Hall–Kier alpha value is -0.780. The van der Waals surface area contributed by atoms with Crippen LogP contribution in [0, 0.1) is 11.7 Å². The van der Waals surface area contributed by atoms with Crippen LogP contribution < -0.4 is 4.74 Å². The van der Waals surface area contributed by atoms with Gasteiger partial charge in [-0.05, 0) is 15.9 Å². The summed E-state index contributed by atoms with van der Waals surface area (Å²) in [6.45, 7) is -0.0852. The summed E-state index contributed by atoms with van der Waals surface area (Å²) in [5.41, 5.74) is 0. The van der Waals surface area contributed by atoms with E-state index in [9.17, 15) is 13.2 Å². The number of pyridine rings is 1. The minimum atomic E-state index is -2.60. The third-order valence-electron chi connectivity index (χ3n) is 2.17. The number of hydrogen-bond donors (Lipinski definition) is 0. The minimum absolute atomic E-state index is 0.0852. The van der Waals surface area contributed by atoms with Gasteiger partial charge in [-0.1, -0.05) is 0 Å². The van der Waals surface area contributed by atoms with Crippen LogP contribution in [0.15, 0.2) is 16.7 Å². The van der Waals surface area contributed by atoms with Crippen molar-refractivity contribution >= 4 is 15.9 Å². The fourth-order valence-corrected chi connectivity index (χ4v) is 1.41. The Morgan fingerprint density at radius 1 is 1.60 bits per heavy atom. The van der Waals surface area contributed by atoms with Gasteiger partial charge in [-0.25, -0.2) is 18.2 Å². The molecule has 1 saturated carbocycles. The molecule has 82 valence electrons. The van der Waals surface area contributed by atoms with E-state index in [1.54, 1.807) is 0 Å². The molecule has 15 heavy (non-hydrogen) atoms. The Labute approximate surface area is 92.6 Å². The molecular formula is C9H7BrF3NO. The fraction of sp³-hybridized carbons (Fsp3) is 0.444. The Morgan fingerprint density at radius 3 is 2.80 bits per heavy atom. The first-order valence-electron chi connectivity index (χ1n) is 4.31. The lowest BCUT2D eigenvalue weighted by atomic mass is 10.4. The Kier molecular flexibility index (Phi) is 2.62. The SMILES string of the molecule is Fc1cnc(OCC2CC2(F)F)cc1Br. The summed E-state index contributed by atoms with van der Waals surface area (Å²) >= 11 is 2.95. The van der Waals surface area contributed by atoms with Crippen molar-refractivity contribution in [2.24, 2.45) is 5.92 Å². The lowest BCUT2D eigenvalue weighted by Crippen LogP contribution is -2.06. The highest BCUT2D eigenvalue weighted by Gasteiger charge is 2.57. The molecule has 0 N–H and O–H groups in total. The van der Waals surface area contributed by atoms with Crippen molar-refractivity contribution in [1.82, 2.24) is 4.98 Å². The predicted octanol–water partition coefficient (Wildman–Crippen LogP) is 3.02. The second kappa shape index (κ2) is 3.66. The first-order chi connectivity index (χ1) is 6.99. The molecule has 2 rings (SSSR count). The maximum absolute atomic E-state index is 12.7. The summed E-state index contributed by atoms with van der Waals surface area (Å²) in [5.74, 6) is -3.70. The van der Waals surface area contributed by atoms with Crippen molar-refractivity contribution in [2.75, 3.05) is 6.61 Å². The van der Waals surface area contributed by atoms with E-state index in [4.69, 9.17) is 4.74 Å². The molecule has 0 radical (unpaired) electrons. The molecule has 0 spiro atoms. The standard InChI is InChI=1S/C9H7BrF3NO/c10-6-1-8(14-3-7(6)11)15-4-5-2-9(5,12)13/h1,3,5H,2,4H2. The average molecular weight is 282 g/mol. The van der Waals surface area contributed by atoms with Crippen molar-refractivity contribution in [2.45, 2.75) is 12.3 Å². The average Bonchev–Trinajstić information content (AvgIpc) is 2.77. The fourth-order valence-electron chi connectivity index (χ4n) is 1.11. The van der Waals surface area contributed by atoms with E-state index in [1.807, 2.05) is 0 Å². The van der Waals surface area contributed by atoms with E-state index >= 15 is 0 Å². The molecule has 1 aromatic heterocycles. The molecule has 1 unspecified atom stereocenters. The quantitative estimate of drug-likeness (QED) is 0.850. The summed E-state index contributed by atoms with van der Waals surface area (Å²) in [4.78, 5) is 3.61. The molecule has 0 bridgehead atoms. The first kappa shape index (κ1) is 10.7. The van der Waals surface area contributed by atoms with Gasteiger partial charge in [-0.15, -0.1) is 0 Å². The number of hydrogen-bond acceptors (Lipinski definition) is 2. The molecule has 2 nitrogen and oxygen atoms in total. The summed E-state index contributed by atoms with van der Waals surface area (Å²) in [6.07, 6.45) is 0.833. The van der Waals surface area contributed by atoms with Gasteiger partial charge in [0.1, 0.15) is 0 Å². The van der Waals surface area contributed by atoms with Crippen LogP contribution >= 0.6 is 15.9 Å². The predicted molar refractivity (Wildman–Crippen MR) is 50.4 cm³/mol. The lowest BCUT2D eigenvalue weighted by Gasteiger charge is -2.04. The van der Waals surface area contributed by atoms with Crippen molar-refractivity contribution in [3.63, 3.8) is 0 Å². The van der Waals surface area contributed by atoms with Crippen LogP contribution in [-0.2, 0) is 0 Å². The van der Waals surface area contributed by atoms with E-state index in [2.05, 4.69) is 20.9 Å². The van der Waals surface area contributed by atoms with Crippen molar-refractivity contribution < 1.29 is 17.9 Å². The van der Waals surface area contributed by atoms with E-state index in [0.717, 1.165) is 6.20 Å². The smallest absolute Gasteiger partial charge is 0.255 e. The van der Waals surface area contributed by atoms with Gasteiger partial charge in [0.15, 0.2) is 5.82 Å². The van der Waals surface area contributed by atoms with Gasteiger partial charge in [0.2, 0.25) is 5.88 Å². The number of nitrogens with zero attached hydrogens (tertiary/aromatic N) is 1. The van der Waals surface area contributed by atoms with Crippen molar-refractivity contribution in [3.05, 3.63) is 22.6 Å². The lowest BCUT2D eigenvalue weighted by molar-refractivity contribution is 0.0849. The number of rotatable bonds is 3. The van der Waals surface area contributed by atoms with Gasteiger partial charge in [0.05, 0.1) is 23.2 Å². The number of alkyl halides is 2. The molecule has 1 atom stereocenters. The van der Waals surface area contributed by atoms with E-state index in [-0.39, 0.29) is 23.4 Å². The zero-order chi connectivity index (χ0) is 11.1. The van der Waals surface area contributed by atoms with Crippen LogP contribution in [0.25, 0.3) is 0 Å². The highest BCUT2D eigenvalue weighted by Crippen LogP contribution is 2.48. The minimum Gasteiger partial charge on any atom is -0.477 e. The number of ether oxygens (including phenoxy) is 1. The van der Waals surface area contributed by atoms with Crippen LogP contribution in [0.5, 0.6) is 5.88 Å². The summed E-state index contributed by atoms with van der Waals surface area (Å²) in [6, 6.07) is 1.32. The molecule has 1 aliphatic carbocycles. The topological polar surface area (TPSA) is 22.1 Å². The third-order valence-corrected chi connectivity index (χ3v) is 2.78. The molecule has 1 aliphatic rings. The maximum Gasteiger partial charge on any atom is 0.255 e. The normalized spacial score (nSPS) is 22.5. The molecule has 0 aliphatic heterocycles. The molecule has 1 fully saturated rings. The zero-order valence-electron chi connectivity index (χ0n) is 7.51. The summed E-state index contributed by atoms with van der Waals surface area (Å²) in [5, 5.41) is 0. The van der Waals surface area contributed by atoms with Gasteiger partial charge in [-0.2, -0.15) is 0 Å². The molecule has 6 heteroatoms. The van der Waals surface area contributed by atoms with Gasteiger partial charge in [-0.3, -0.25) is 0 Å². The molecule has 0 amide bonds. The Bertz CT molecular complexity index is 386. The molecule has 1 heterocycles. The van der Waals surface area contributed by atoms with Gasteiger partial charge in [0.25, 0.3) is 5.92 Å². The van der Waals surface area contributed by atoms with Crippen molar-refractivity contribution in [1.29, 1.82) is 0 Å². The van der Waals surface area contributed by atoms with Crippen LogP contribution in [0.1, 0.15) is 6.42 Å². The zero-order valence-corrected chi connectivity index (χ0v) is 9.10. The second-order valence-corrected chi connectivity index (χ2v) is 4.26. The van der Waals surface area contributed by atoms with E-state index in [0.29, 0.717) is 0 Å². The van der Waals surface area contributed by atoms with Crippen LogP contribution in [0.2, 0.25) is 0 Å². The van der Waals surface area contributed by atoms with Crippen LogP contribution in [-0.4, -0.2) is 17.5 Å². The first-order valence-corrected chi connectivity index (χ1v) is 5.10. The third kappa shape index (κ3) is 2.42. The van der Waals surface area contributed by atoms with Crippen LogP contribution in [0.4, 0.5) is 13.2 Å². The van der Waals surface area contributed by atoms with E-state index in [1.165, 1.54) is 6.07 Å². The highest BCUT2D eigenvalue weighted by molar-refractivity contribution is 9.10. The summed E-state index contributed by atoms with van der Waals surface area (Å²) < 4.78 is 42.9. The molecule has 0 saturated heterocycles.